The van der Waals surface area contributed by atoms with Crippen LogP contribution in [0.1, 0.15) is 105 Å². The van der Waals surface area contributed by atoms with Gasteiger partial charge in [0.25, 0.3) is 10.5 Å². The van der Waals surface area contributed by atoms with E-state index in [0.29, 0.717) is 0 Å². The number of rotatable bonds is 10. The van der Waals surface area contributed by atoms with Gasteiger partial charge < -0.3 is 11.5 Å². The fourth-order valence-corrected chi connectivity index (χ4v) is 1.71. The molecule has 0 heterocycles. The zero-order chi connectivity index (χ0) is 24.1. The Bertz CT molecular complexity index is 376. The van der Waals surface area contributed by atoms with Crippen LogP contribution in [-0.2, 0) is 31.5 Å². The molecule has 0 bridgehead atoms. The average Bonchev–Trinajstić information content (AvgIpc) is 2.54. The van der Waals surface area contributed by atoms with Crippen LogP contribution >= 0.6 is 25.3 Å². The summed E-state index contributed by atoms with van der Waals surface area (Å²) < 4.78 is 31.6. The van der Waals surface area contributed by atoms with Crippen molar-refractivity contribution in [3.8, 4) is 0 Å². The second kappa shape index (κ2) is 39.6. The topological polar surface area (TPSA) is 161 Å². The maximum absolute atomic E-state index is 9.09. The Morgan fingerprint density at radius 1 is 0.633 bits per heavy atom. The minimum absolute atomic E-state index is 0. The molecule has 6 N–H and O–H groups in total. The van der Waals surface area contributed by atoms with Gasteiger partial charge in [-0.2, -0.15) is 8.42 Å². The van der Waals surface area contributed by atoms with Gasteiger partial charge in [-0.3, -0.25) is 18.7 Å². The van der Waals surface area contributed by atoms with E-state index in [1.54, 1.807) is 0 Å². The van der Waals surface area contributed by atoms with Crippen LogP contribution in [0, 0.1) is 0 Å². The van der Waals surface area contributed by atoms with Crippen molar-refractivity contribution < 1.29 is 48.2 Å². The number of carbonyl (C=O) groups is 2. The van der Waals surface area contributed by atoms with E-state index in [9.17, 15) is 0 Å². The molecule has 2 amide bonds. The van der Waals surface area contributed by atoms with Crippen molar-refractivity contribution in [2.75, 3.05) is 0 Å². The Labute approximate surface area is 209 Å². The van der Waals surface area contributed by atoms with E-state index >= 15 is 0 Å². The van der Waals surface area contributed by atoms with Crippen molar-refractivity contribution >= 4 is 46.1 Å². The van der Waals surface area contributed by atoms with Crippen LogP contribution < -0.4 is 11.5 Å². The average molecular weight is 577 g/mol. The molecule has 0 aromatic rings. The molecule has 30 heavy (non-hydrogen) atoms. The van der Waals surface area contributed by atoms with E-state index in [-0.39, 0.29) is 21.1 Å². The van der Waals surface area contributed by atoms with E-state index < -0.39 is 20.9 Å². The molecular weight excluding hydrogens is 532 g/mol. The molecule has 0 saturated heterocycles. The minimum atomic E-state index is -4.67. The minimum Gasteiger partial charge on any atom is -0.361 e. The predicted molar refractivity (Wildman–Crippen MR) is 129 cm³/mol. The van der Waals surface area contributed by atoms with Gasteiger partial charge in [0.1, 0.15) is 0 Å². The van der Waals surface area contributed by atoms with Crippen LogP contribution in [0.15, 0.2) is 0 Å². The molecule has 0 unspecified atom stereocenters. The quantitative estimate of drug-likeness (QED) is 0.0801. The molecule has 0 aromatic carbocycles. The third-order valence-electron chi connectivity index (χ3n) is 2.91. The molecule has 0 spiro atoms. The van der Waals surface area contributed by atoms with Gasteiger partial charge in [-0.1, -0.05) is 130 Å². The Morgan fingerprint density at radius 2 is 0.733 bits per heavy atom. The molecular formula is C18H44MoN2O6S3. The van der Waals surface area contributed by atoms with E-state index in [1.807, 2.05) is 0 Å². The summed E-state index contributed by atoms with van der Waals surface area (Å²) in [6.07, 6.45) is 17.0. The zero-order valence-electron chi connectivity index (χ0n) is 18.9. The smallest absolute Gasteiger partial charge is 0.361 e. The fourth-order valence-electron chi connectivity index (χ4n) is 1.71. The molecule has 0 radical (unpaired) electrons. The Morgan fingerprint density at radius 3 is 0.800 bits per heavy atom. The van der Waals surface area contributed by atoms with Crippen molar-refractivity contribution in [1.82, 2.24) is 0 Å². The summed E-state index contributed by atoms with van der Waals surface area (Å²) in [5.74, 6) is 0. The third kappa shape index (κ3) is 201. The van der Waals surface area contributed by atoms with Crippen molar-refractivity contribution in [2.45, 2.75) is 105 Å². The Balaban J connectivity index is -0.0000000616. The summed E-state index contributed by atoms with van der Waals surface area (Å²) in [4.78, 5) is 18.2. The summed E-state index contributed by atoms with van der Waals surface area (Å²) in [6, 6.07) is 0. The zero-order valence-corrected chi connectivity index (χ0v) is 23.5. The van der Waals surface area contributed by atoms with E-state index in [2.05, 4.69) is 64.4 Å². The van der Waals surface area contributed by atoms with Crippen LogP contribution in [0.25, 0.3) is 0 Å². The van der Waals surface area contributed by atoms with Gasteiger partial charge >= 0.3 is 10.4 Å². The molecule has 186 valence electrons. The maximum Gasteiger partial charge on any atom is 0.394 e. The summed E-state index contributed by atoms with van der Waals surface area (Å²) >= 11 is 6.21. The first-order valence-corrected chi connectivity index (χ1v) is 12.3. The van der Waals surface area contributed by atoms with Gasteiger partial charge in [0.05, 0.1) is 0 Å². The normalized spacial score (nSPS) is 8.80. The number of primary amides is 2. The van der Waals surface area contributed by atoms with Gasteiger partial charge in [-0.15, -0.1) is 0 Å². The standard InChI is InChI=1S/2C8H18.2CH3NOS.Mo.H2O4S/c2*1-3-5-7-8-6-4-2;2*2-1(3)4;;1-5(2,3)4/h2*3-8H2,1-2H3;2*(H3,2,3,4);;(H2,1,2,3,4). The van der Waals surface area contributed by atoms with Crippen LogP contribution in [-0.4, -0.2) is 28.0 Å². The fraction of sp³-hybridized carbons (Fsp3) is 0.889. The first kappa shape index (κ1) is 44.0. The number of nitrogens with two attached hydrogens (primary N) is 2. The molecule has 0 aliphatic rings. The molecule has 0 aliphatic carbocycles. The molecule has 8 nitrogen and oxygen atoms in total. The molecule has 12 heteroatoms. The number of unbranched alkanes of at least 4 members (excludes halogenated alkanes) is 10. The molecule has 0 aliphatic heterocycles. The second-order valence-corrected chi connectivity index (χ2v) is 7.73. The Kier molecular flexibility index (Phi) is 58.1. The largest absolute Gasteiger partial charge is 0.394 e. The third-order valence-corrected chi connectivity index (χ3v) is 2.91. The molecule has 0 rings (SSSR count). The van der Waals surface area contributed by atoms with Crippen molar-refractivity contribution in [3.63, 3.8) is 0 Å². The van der Waals surface area contributed by atoms with E-state index in [4.69, 9.17) is 27.1 Å². The van der Waals surface area contributed by atoms with Gasteiger partial charge in [-0.05, 0) is 0 Å². The van der Waals surface area contributed by atoms with Crippen molar-refractivity contribution in [1.29, 1.82) is 0 Å². The molecule has 0 fully saturated rings. The molecule has 0 saturated carbocycles. The first-order chi connectivity index (χ1) is 13.3. The van der Waals surface area contributed by atoms with Crippen LogP contribution in [0.2, 0.25) is 0 Å². The number of carbonyl (C=O) groups excluding carboxylic acids is 2. The number of hydrogen-bond donors (Lipinski definition) is 6. The summed E-state index contributed by atoms with van der Waals surface area (Å²) in [5, 5.41) is -1.28. The predicted octanol–water partition coefficient (Wildman–Crippen LogP) is 6.07. The van der Waals surface area contributed by atoms with E-state index in [0.717, 1.165) is 0 Å². The maximum atomic E-state index is 9.09. The number of thiol groups is 2. The van der Waals surface area contributed by atoms with Gasteiger partial charge in [-0.25, -0.2) is 0 Å². The van der Waals surface area contributed by atoms with Crippen LogP contribution in [0.4, 0.5) is 9.59 Å². The van der Waals surface area contributed by atoms with Crippen molar-refractivity contribution in [2.24, 2.45) is 11.5 Å². The van der Waals surface area contributed by atoms with Gasteiger partial charge in [0.2, 0.25) is 0 Å². The Hall–Kier alpha value is 0.198. The van der Waals surface area contributed by atoms with Gasteiger partial charge in [0.15, 0.2) is 0 Å². The second-order valence-electron chi connectivity index (χ2n) is 5.95. The van der Waals surface area contributed by atoms with Crippen LogP contribution in [0.5, 0.6) is 0 Å². The van der Waals surface area contributed by atoms with Gasteiger partial charge in [0, 0.05) is 21.1 Å². The summed E-state index contributed by atoms with van der Waals surface area (Å²) in [7, 11) is -4.67. The summed E-state index contributed by atoms with van der Waals surface area (Å²) in [5.41, 5.74) is 8.67. The SMILES string of the molecule is CCCCCCCC.CCCCCCCC.NC(=O)S.NC(=O)S.O=S(=O)(O)O.[Mo]. The monoisotopic (exact) mass is 578 g/mol. The first-order valence-electron chi connectivity index (χ1n) is 9.96. The molecule has 0 aromatic heterocycles. The molecule has 0 atom stereocenters. The number of amides is 2. The van der Waals surface area contributed by atoms with Crippen LogP contribution in [0.3, 0.4) is 0 Å². The number of hydrogen-bond acceptors (Lipinski definition) is 4. The van der Waals surface area contributed by atoms with Crippen molar-refractivity contribution in [3.05, 3.63) is 0 Å². The summed E-state index contributed by atoms with van der Waals surface area (Å²) in [6.45, 7) is 9.02. The van der Waals surface area contributed by atoms with E-state index in [1.165, 1.54) is 77.0 Å².